The summed E-state index contributed by atoms with van der Waals surface area (Å²) in [4.78, 5) is 47.5. The molecule has 27 heavy (non-hydrogen) atoms. The standard InChI is InChI=1S/C18H29N3O6/c1-2-26-11-17(24)20-8-15(22)19-9-16(23)21-13(18(25)14-10-27-14)7-12-5-3-4-6-12/h12-14H,2-11H2,1H3,(H,19,22)(H,20,24)(H,21,23)/t13?,14-/m1/s1. The highest BCUT2D eigenvalue weighted by atomic mass is 16.6. The van der Waals surface area contributed by atoms with E-state index in [1.165, 1.54) is 0 Å². The Balaban J connectivity index is 1.70. The van der Waals surface area contributed by atoms with Gasteiger partial charge in [-0.05, 0) is 19.3 Å². The second-order valence-corrected chi connectivity index (χ2v) is 6.92. The van der Waals surface area contributed by atoms with Gasteiger partial charge in [0.2, 0.25) is 17.7 Å². The third-order valence-electron chi connectivity index (χ3n) is 4.70. The first kappa shape index (κ1) is 21.3. The van der Waals surface area contributed by atoms with Crippen molar-refractivity contribution >= 4 is 23.5 Å². The predicted octanol–water partition coefficient (Wildman–Crippen LogP) is -0.712. The first-order chi connectivity index (χ1) is 13.0. The zero-order valence-corrected chi connectivity index (χ0v) is 15.8. The topological polar surface area (TPSA) is 126 Å². The van der Waals surface area contributed by atoms with Crippen LogP contribution in [0.4, 0.5) is 0 Å². The third kappa shape index (κ3) is 8.04. The summed E-state index contributed by atoms with van der Waals surface area (Å²) in [5, 5.41) is 7.54. The number of amides is 3. The van der Waals surface area contributed by atoms with Crippen LogP contribution in [0.5, 0.6) is 0 Å². The van der Waals surface area contributed by atoms with E-state index in [1.807, 2.05) is 0 Å². The lowest BCUT2D eigenvalue weighted by atomic mass is 9.94. The molecule has 0 aromatic rings. The van der Waals surface area contributed by atoms with Crippen molar-refractivity contribution in [2.45, 2.75) is 51.2 Å². The molecule has 1 aliphatic heterocycles. The van der Waals surface area contributed by atoms with Crippen molar-refractivity contribution in [2.75, 3.05) is 32.9 Å². The Morgan fingerprint density at radius 2 is 1.67 bits per heavy atom. The lowest BCUT2D eigenvalue weighted by Crippen LogP contribution is -2.48. The van der Waals surface area contributed by atoms with Crippen molar-refractivity contribution in [3.8, 4) is 0 Å². The largest absolute Gasteiger partial charge is 0.372 e. The van der Waals surface area contributed by atoms with Crippen LogP contribution in [-0.4, -0.2) is 68.6 Å². The molecule has 9 nitrogen and oxygen atoms in total. The van der Waals surface area contributed by atoms with Crippen molar-refractivity contribution in [2.24, 2.45) is 5.92 Å². The number of ketones is 1. The zero-order valence-electron chi connectivity index (χ0n) is 15.8. The Kier molecular flexibility index (Phi) is 8.66. The van der Waals surface area contributed by atoms with Gasteiger partial charge in [0.1, 0.15) is 12.7 Å². The molecule has 152 valence electrons. The molecule has 3 N–H and O–H groups in total. The van der Waals surface area contributed by atoms with Gasteiger partial charge >= 0.3 is 0 Å². The number of hydrogen-bond donors (Lipinski definition) is 3. The van der Waals surface area contributed by atoms with Crippen LogP contribution >= 0.6 is 0 Å². The van der Waals surface area contributed by atoms with Crippen molar-refractivity contribution in [3.63, 3.8) is 0 Å². The fourth-order valence-corrected chi connectivity index (χ4v) is 3.17. The van der Waals surface area contributed by atoms with E-state index in [4.69, 9.17) is 9.47 Å². The molecule has 9 heteroatoms. The molecule has 1 saturated carbocycles. The van der Waals surface area contributed by atoms with Crippen LogP contribution in [0.2, 0.25) is 0 Å². The van der Waals surface area contributed by atoms with Crippen LogP contribution in [-0.2, 0) is 28.7 Å². The summed E-state index contributed by atoms with van der Waals surface area (Å²) in [6.45, 7) is 1.98. The second kappa shape index (κ2) is 11.0. The molecule has 1 heterocycles. The molecule has 2 fully saturated rings. The van der Waals surface area contributed by atoms with Crippen LogP contribution in [0.15, 0.2) is 0 Å². The first-order valence-corrected chi connectivity index (χ1v) is 9.55. The summed E-state index contributed by atoms with van der Waals surface area (Å²) in [5.41, 5.74) is 0. The minimum atomic E-state index is -0.573. The van der Waals surface area contributed by atoms with E-state index in [1.54, 1.807) is 6.92 Å². The Labute approximate surface area is 158 Å². The van der Waals surface area contributed by atoms with E-state index in [-0.39, 0.29) is 25.5 Å². The van der Waals surface area contributed by atoms with Gasteiger partial charge in [-0.1, -0.05) is 25.7 Å². The first-order valence-electron chi connectivity index (χ1n) is 9.55. The number of carbonyl (C=O) groups excluding carboxylic acids is 4. The molecule has 2 rings (SSSR count). The highest BCUT2D eigenvalue weighted by Crippen LogP contribution is 2.29. The summed E-state index contributed by atoms with van der Waals surface area (Å²) >= 11 is 0. The Morgan fingerprint density at radius 3 is 2.30 bits per heavy atom. The summed E-state index contributed by atoms with van der Waals surface area (Å²) in [6.07, 6.45) is 4.67. The van der Waals surface area contributed by atoms with Gasteiger partial charge in [0, 0.05) is 6.61 Å². The molecule has 0 spiro atoms. The average Bonchev–Trinajstić information content (AvgIpc) is 3.38. The van der Waals surface area contributed by atoms with E-state index in [9.17, 15) is 19.2 Å². The van der Waals surface area contributed by atoms with Crippen LogP contribution in [0.25, 0.3) is 0 Å². The molecule has 3 amide bonds. The number of rotatable bonds is 12. The monoisotopic (exact) mass is 383 g/mol. The second-order valence-electron chi connectivity index (χ2n) is 6.92. The van der Waals surface area contributed by atoms with E-state index < -0.39 is 29.9 Å². The Bertz CT molecular complexity index is 543. The average molecular weight is 383 g/mol. The fraction of sp³-hybridized carbons (Fsp3) is 0.778. The van der Waals surface area contributed by atoms with Crippen molar-refractivity contribution in [3.05, 3.63) is 0 Å². The van der Waals surface area contributed by atoms with Gasteiger partial charge in [0.05, 0.1) is 25.7 Å². The van der Waals surface area contributed by atoms with Gasteiger partial charge < -0.3 is 25.4 Å². The number of ether oxygens (including phenoxy) is 2. The SMILES string of the molecule is CCOCC(=O)NCC(=O)NCC(=O)NC(CC1CCCC1)C(=O)[C@H]1CO1. The number of epoxide rings is 1. The molecule has 0 bridgehead atoms. The number of carbonyl (C=O) groups is 4. The summed E-state index contributed by atoms with van der Waals surface area (Å²) in [6, 6.07) is -0.573. The van der Waals surface area contributed by atoms with E-state index in [2.05, 4.69) is 16.0 Å². The van der Waals surface area contributed by atoms with Crippen molar-refractivity contribution in [1.82, 2.24) is 16.0 Å². The molecular formula is C18H29N3O6. The van der Waals surface area contributed by atoms with Gasteiger partial charge in [-0.25, -0.2) is 0 Å². The molecule has 0 radical (unpaired) electrons. The molecule has 2 atom stereocenters. The summed E-state index contributed by atoms with van der Waals surface area (Å²) in [7, 11) is 0. The van der Waals surface area contributed by atoms with Crippen molar-refractivity contribution in [1.29, 1.82) is 0 Å². The molecule has 0 aromatic carbocycles. The van der Waals surface area contributed by atoms with E-state index in [0.29, 0.717) is 25.6 Å². The zero-order chi connectivity index (χ0) is 19.6. The van der Waals surface area contributed by atoms with Gasteiger partial charge in [-0.15, -0.1) is 0 Å². The molecule has 1 saturated heterocycles. The maximum Gasteiger partial charge on any atom is 0.246 e. The normalized spacial score (nSPS) is 20.0. The van der Waals surface area contributed by atoms with Gasteiger partial charge in [-0.2, -0.15) is 0 Å². The van der Waals surface area contributed by atoms with Gasteiger partial charge in [0.15, 0.2) is 5.78 Å². The number of Topliss-reactive ketones (excluding diaryl/α,β-unsaturated/α-hetero) is 1. The Hall–Kier alpha value is -2.00. The predicted molar refractivity (Wildman–Crippen MR) is 95.8 cm³/mol. The minimum Gasteiger partial charge on any atom is -0.372 e. The molecule has 0 aromatic heterocycles. The smallest absolute Gasteiger partial charge is 0.246 e. The maximum absolute atomic E-state index is 12.3. The number of nitrogens with one attached hydrogen (secondary N) is 3. The van der Waals surface area contributed by atoms with E-state index in [0.717, 1.165) is 25.7 Å². The van der Waals surface area contributed by atoms with Crippen LogP contribution in [0.3, 0.4) is 0 Å². The Morgan fingerprint density at radius 1 is 1.04 bits per heavy atom. The molecule has 1 unspecified atom stereocenters. The van der Waals surface area contributed by atoms with Crippen LogP contribution < -0.4 is 16.0 Å². The molecule has 1 aliphatic carbocycles. The third-order valence-corrected chi connectivity index (χ3v) is 4.70. The summed E-state index contributed by atoms with van der Waals surface area (Å²) < 4.78 is 9.98. The van der Waals surface area contributed by atoms with Crippen LogP contribution in [0.1, 0.15) is 39.0 Å². The fourth-order valence-electron chi connectivity index (χ4n) is 3.17. The quantitative estimate of drug-likeness (QED) is 0.382. The minimum absolute atomic E-state index is 0.0928. The lowest BCUT2D eigenvalue weighted by molar-refractivity contribution is -0.130. The number of hydrogen-bond acceptors (Lipinski definition) is 6. The highest BCUT2D eigenvalue weighted by molar-refractivity contribution is 5.94. The van der Waals surface area contributed by atoms with Crippen LogP contribution in [0, 0.1) is 5.92 Å². The van der Waals surface area contributed by atoms with Crippen molar-refractivity contribution < 1.29 is 28.7 Å². The van der Waals surface area contributed by atoms with Gasteiger partial charge in [0.25, 0.3) is 0 Å². The maximum atomic E-state index is 12.3. The molecular weight excluding hydrogens is 354 g/mol. The highest BCUT2D eigenvalue weighted by Gasteiger charge is 2.38. The summed E-state index contributed by atoms with van der Waals surface area (Å²) in [5.74, 6) is -0.971. The lowest BCUT2D eigenvalue weighted by Gasteiger charge is -2.20. The van der Waals surface area contributed by atoms with E-state index >= 15 is 0 Å². The molecule has 2 aliphatic rings. The van der Waals surface area contributed by atoms with Gasteiger partial charge in [-0.3, -0.25) is 19.2 Å².